The summed E-state index contributed by atoms with van der Waals surface area (Å²) >= 11 is 5.89. The number of carboxylic acids is 1. The van der Waals surface area contributed by atoms with Crippen molar-refractivity contribution >= 4 is 17.6 Å². The lowest BCUT2D eigenvalue weighted by Gasteiger charge is -2.36. The SMILES string of the molecule is CN1CC[C@H](c2ccc(Cl)cc2)[C@H](CC(=O)O)C1. The second kappa shape index (κ2) is 5.72. The molecular weight excluding hydrogens is 250 g/mol. The van der Waals surface area contributed by atoms with Crippen LogP contribution in [0.5, 0.6) is 0 Å². The van der Waals surface area contributed by atoms with Gasteiger partial charge in [-0.2, -0.15) is 0 Å². The zero-order chi connectivity index (χ0) is 13.1. The average molecular weight is 268 g/mol. The number of aliphatic carboxylic acids is 1. The predicted octanol–water partition coefficient (Wildman–Crippen LogP) is 2.85. The summed E-state index contributed by atoms with van der Waals surface area (Å²) in [6.07, 6.45) is 1.24. The van der Waals surface area contributed by atoms with Crippen LogP contribution >= 0.6 is 11.6 Å². The lowest BCUT2D eigenvalue weighted by atomic mass is 9.79. The van der Waals surface area contributed by atoms with E-state index in [1.807, 2.05) is 31.3 Å². The van der Waals surface area contributed by atoms with E-state index in [-0.39, 0.29) is 12.3 Å². The molecule has 4 heteroatoms. The van der Waals surface area contributed by atoms with Gasteiger partial charge in [-0.15, -0.1) is 0 Å². The van der Waals surface area contributed by atoms with Gasteiger partial charge in [-0.1, -0.05) is 23.7 Å². The van der Waals surface area contributed by atoms with Gasteiger partial charge in [0, 0.05) is 18.0 Å². The normalized spacial score (nSPS) is 25.0. The van der Waals surface area contributed by atoms with Gasteiger partial charge < -0.3 is 10.0 Å². The Hall–Kier alpha value is -1.06. The average Bonchev–Trinajstić information content (AvgIpc) is 2.30. The van der Waals surface area contributed by atoms with E-state index >= 15 is 0 Å². The third-order valence-electron chi connectivity index (χ3n) is 3.67. The van der Waals surface area contributed by atoms with Crippen LogP contribution in [0, 0.1) is 5.92 Å². The largest absolute Gasteiger partial charge is 0.481 e. The molecule has 0 saturated carbocycles. The Morgan fingerprint density at radius 3 is 2.72 bits per heavy atom. The van der Waals surface area contributed by atoms with Gasteiger partial charge >= 0.3 is 5.97 Å². The maximum Gasteiger partial charge on any atom is 0.303 e. The number of rotatable bonds is 3. The van der Waals surface area contributed by atoms with Gasteiger partial charge in [-0.05, 0) is 49.5 Å². The summed E-state index contributed by atoms with van der Waals surface area (Å²) in [6, 6.07) is 7.81. The van der Waals surface area contributed by atoms with E-state index in [0.29, 0.717) is 5.92 Å². The molecule has 1 saturated heterocycles. The molecule has 0 spiro atoms. The number of halogens is 1. The van der Waals surface area contributed by atoms with Crippen LogP contribution in [0.2, 0.25) is 5.02 Å². The summed E-state index contributed by atoms with van der Waals surface area (Å²) in [7, 11) is 2.05. The fraction of sp³-hybridized carbons (Fsp3) is 0.500. The molecule has 1 aliphatic heterocycles. The van der Waals surface area contributed by atoms with Gasteiger partial charge in [-0.25, -0.2) is 0 Å². The Morgan fingerprint density at radius 2 is 2.11 bits per heavy atom. The molecule has 1 heterocycles. The molecule has 98 valence electrons. The smallest absolute Gasteiger partial charge is 0.303 e. The van der Waals surface area contributed by atoms with Crippen molar-refractivity contribution in [3.63, 3.8) is 0 Å². The molecule has 1 fully saturated rings. The molecule has 0 aromatic heterocycles. The van der Waals surface area contributed by atoms with Gasteiger partial charge in [-0.3, -0.25) is 4.79 Å². The summed E-state index contributed by atoms with van der Waals surface area (Å²) in [6.45, 7) is 1.86. The number of carboxylic acid groups (broad SMARTS) is 1. The molecule has 0 aliphatic carbocycles. The lowest BCUT2D eigenvalue weighted by molar-refractivity contribution is -0.138. The second-order valence-corrected chi connectivity index (χ2v) is 5.50. The monoisotopic (exact) mass is 267 g/mol. The van der Waals surface area contributed by atoms with Gasteiger partial charge in [0.2, 0.25) is 0 Å². The van der Waals surface area contributed by atoms with Crippen molar-refractivity contribution in [1.29, 1.82) is 0 Å². The van der Waals surface area contributed by atoms with Gasteiger partial charge in [0.1, 0.15) is 0 Å². The fourth-order valence-electron chi connectivity index (χ4n) is 2.79. The predicted molar refractivity (Wildman–Crippen MR) is 72.0 cm³/mol. The molecule has 0 unspecified atom stereocenters. The first-order valence-electron chi connectivity index (χ1n) is 6.22. The summed E-state index contributed by atoms with van der Waals surface area (Å²) < 4.78 is 0. The summed E-state index contributed by atoms with van der Waals surface area (Å²) in [5, 5.41) is 9.74. The van der Waals surface area contributed by atoms with E-state index in [0.717, 1.165) is 24.5 Å². The molecule has 1 aromatic carbocycles. The Kier molecular flexibility index (Phi) is 4.25. The highest BCUT2D eigenvalue weighted by Gasteiger charge is 2.30. The molecule has 0 bridgehead atoms. The number of carbonyl (C=O) groups is 1. The Morgan fingerprint density at radius 1 is 1.44 bits per heavy atom. The molecule has 0 amide bonds. The van der Waals surface area contributed by atoms with E-state index in [9.17, 15) is 4.79 Å². The van der Waals surface area contributed by atoms with Crippen molar-refractivity contribution in [2.45, 2.75) is 18.8 Å². The molecule has 1 N–H and O–H groups in total. The fourth-order valence-corrected chi connectivity index (χ4v) is 2.92. The van der Waals surface area contributed by atoms with Crippen LogP contribution in [0.3, 0.4) is 0 Å². The number of benzene rings is 1. The number of hydrogen-bond acceptors (Lipinski definition) is 2. The van der Waals surface area contributed by atoms with Gasteiger partial charge in [0.25, 0.3) is 0 Å². The van der Waals surface area contributed by atoms with Gasteiger partial charge in [0.05, 0.1) is 0 Å². The summed E-state index contributed by atoms with van der Waals surface area (Å²) in [5.41, 5.74) is 1.21. The van der Waals surface area contributed by atoms with Crippen LogP contribution in [0.1, 0.15) is 24.3 Å². The van der Waals surface area contributed by atoms with Crippen molar-refractivity contribution in [1.82, 2.24) is 4.90 Å². The van der Waals surface area contributed by atoms with E-state index in [2.05, 4.69) is 4.90 Å². The third kappa shape index (κ3) is 3.24. The highest BCUT2D eigenvalue weighted by molar-refractivity contribution is 6.30. The van der Waals surface area contributed by atoms with Crippen LogP contribution in [0.15, 0.2) is 24.3 Å². The Balaban J connectivity index is 2.17. The number of hydrogen-bond donors (Lipinski definition) is 1. The summed E-state index contributed by atoms with van der Waals surface area (Å²) in [5.74, 6) is -0.203. The van der Waals surface area contributed by atoms with E-state index in [4.69, 9.17) is 16.7 Å². The van der Waals surface area contributed by atoms with E-state index in [1.165, 1.54) is 5.56 Å². The van der Waals surface area contributed by atoms with Crippen molar-refractivity contribution in [2.24, 2.45) is 5.92 Å². The van der Waals surface area contributed by atoms with Crippen LogP contribution in [0.4, 0.5) is 0 Å². The maximum absolute atomic E-state index is 11.0. The maximum atomic E-state index is 11.0. The zero-order valence-corrected chi connectivity index (χ0v) is 11.2. The van der Waals surface area contributed by atoms with Crippen molar-refractivity contribution in [2.75, 3.05) is 20.1 Å². The molecule has 1 aliphatic rings. The Bertz CT molecular complexity index is 418. The quantitative estimate of drug-likeness (QED) is 0.916. The lowest BCUT2D eigenvalue weighted by Crippen LogP contribution is -2.38. The molecule has 2 rings (SSSR count). The van der Waals surface area contributed by atoms with Crippen LogP contribution in [0.25, 0.3) is 0 Å². The zero-order valence-electron chi connectivity index (χ0n) is 10.5. The first kappa shape index (κ1) is 13.4. The molecule has 0 radical (unpaired) electrons. The van der Waals surface area contributed by atoms with E-state index < -0.39 is 5.97 Å². The molecular formula is C14H18ClNO2. The van der Waals surface area contributed by atoms with Crippen molar-refractivity contribution in [3.05, 3.63) is 34.9 Å². The second-order valence-electron chi connectivity index (χ2n) is 5.07. The first-order chi connectivity index (χ1) is 8.56. The molecule has 3 nitrogen and oxygen atoms in total. The first-order valence-corrected chi connectivity index (χ1v) is 6.60. The minimum absolute atomic E-state index is 0.183. The highest BCUT2D eigenvalue weighted by Crippen LogP contribution is 2.35. The van der Waals surface area contributed by atoms with Crippen LogP contribution in [-0.4, -0.2) is 36.1 Å². The van der Waals surface area contributed by atoms with Crippen molar-refractivity contribution < 1.29 is 9.90 Å². The van der Waals surface area contributed by atoms with Gasteiger partial charge in [0.15, 0.2) is 0 Å². The van der Waals surface area contributed by atoms with Crippen LogP contribution < -0.4 is 0 Å². The minimum Gasteiger partial charge on any atom is -0.481 e. The van der Waals surface area contributed by atoms with Crippen LogP contribution in [-0.2, 0) is 4.79 Å². The third-order valence-corrected chi connectivity index (χ3v) is 3.92. The topological polar surface area (TPSA) is 40.5 Å². The molecule has 1 aromatic rings. The molecule has 2 atom stereocenters. The van der Waals surface area contributed by atoms with E-state index in [1.54, 1.807) is 0 Å². The summed E-state index contributed by atoms with van der Waals surface area (Å²) in [4.78, 5) is 13.2. The van der Waals surface area contributed by atoms with Crippen molar-refractivity contribution in [3.8, 4) is 0 Å². The minimum atomic E-state index is -0.714. The number of piperidine rings is 1. The number of likely N-dealkylation sites (tertiary alicyclic amines) is 1. The Labute approximate surface area is 112 Å². The number of nitrogens with zero attached hydrogens (tertiary/aromatic N) is 1. The highest BCUT2D eigenvalue weighted by atomic mass is 35.5. The standard InChI is InChI=1S/C14H18ClNO2/c1-16-7-6-13(11(9-16)8-14(17)18)10-2-4-12(15)5-3-10/h2-5,11,13H,6-9H2,1H3,(H,17,18)/t11-,13-/m1/s1. The molecule has 18 heavy (non-hydrogen) atoms.